The highest BCUT2D eigenvalue weighted by atomic mass is 35.5. The monoisotopic (exact) mass is 342 g/mol. The third-order valence-corrected chi connectivity index (χ3v) is 3.90. The van der Waals surface area contributed by atoms with Gasteiger partial charge in [-0.15, -0.1) is 11.6 Å². The largest absolute Gasteiger partial charge is 0.296 e. The molecule has 3 aromatic rings. The van der Waals surface area contributed by atoms with Crippen molar-refractivity contribution < 1.29 is 4.39 Å². The van der Waals surface area contributed by atoms with Gasteiger partial charge in [-0.1, -0.05) is 23.2 Å². The van der Waals surface area contributed by atoms with Crippen molar-refractivity contribution >= 4 is 45.8 Å². The molecule has 0 atom stereocenters. The molecule has 0 saturated carbocycles. The van der Waals surface area contributed by atoms with Gasteiger partial charge in [0.15, 0.2) is 0 Å². The Hall–Kier alpha value is -1.29. The molecule has 6 heteroatoms. The van der Waals surface area contributed by atoms with Crippen molar-refractivity contribution in [1.29, 1.82) is 0 Å². The highest BCUT2D eigenvalue weighted by molar-refractivity contribution is 6.31. The maximum atomic E-state index is 13.6. The van der Waals surface area contributed by atoms with E-state index in [4.69, 9.17) is 34.8 Å². The predicted octanol–water partition coefficient (Wildman–Crippen LogP) is 5.25. The second-order valence-electron chi connectivity index (χ2n) is 4.53. The van der Waals surface area contributed by atoms with Crippen molar-refractivity contribution in [3.8, 4) is 5.69 Å². The average Bonchev–Trinajstić information content (AvgIpc) is 2.78. The molecule has 0 aliphatic rings. The molecule has 0 radical (unpaired) electrons. The first-order chi connectivity index (χ1) is 10.1. The summed E-state index contributed by atoms with van der Waals surface area (Å²) in [7, 11) is 0. The van der Waals surface area contributed by atoms with Crippen molar-refractivity contribution in [3.05, 3.63) is 58.1 Å². The van der Waals surface area contributed by atoms with Crippen molar-refractivity contribution in [2.24, 2.45) is 0 Å². The Labute approximate surface area is 136 Å². The number of benzene rings is 2. The topological polar surface area (TPSA) is 17.8 Å². The molecule has 0 aliphatic carbocycles. The van der Waals surface area contributed by atoms with Gasteiger partial charge in [0.05, 0.1) is 16.1 Å². The molecular weight excluding hydrogens is 334 g/mol. The van der Waals surface area contributed by atoms with E-state index in [1.165, 1.54) is 6.07 Å². The summed E-state index contributed by atoms with van der Waals surface area (Å²) in [6.07, 6.45) is 0.568. The Bertz CT molecular complexity index is 797. The van der Waals surface area contributed by atoms with Gasteiger partial charge in [-0.25, -0.2) is 9.37 Å². The molecule has 1 heterocycles. The van der Waals surface area contributed by atoms with Crippen LogP contribution < -0.4 is 0 Å². The zero-order chi connectivity index (χ0) is 15.0. The second kappa shape index (κ2) is 5.84. The maximum Gasteiger partial charge on any atom is 0.144 e. The summed E-state index contributed by atoms with van der Waals surface area (Å²) in [4.78, 5) is 4.45. The van der Waals surface area contributed by atoms with Crippen LogP contribution in [-0.4, -0.2) is 15.4 Å². The summed E-state index contributed by atoms with van der Waals surface area (Å²) < 4.78 is 15.5. The minimum atomic E-state index is -0.484. The van der Waals surface area contributed by atoms with E-state index in [0.29, 0.717) is 22.8 Å². The highest BCUT2D eigenvalue weighted by Gasteiger charge is 2.14. The number of hydrogen-bond acceptors (Lipinski definition) is 1. The molecule has 1 aromatic heterocycles. The van der Waals surface area contributed by atoms with E-state index < -0.39 is 5.82 Å². The minimum Gasteiger partial charge on any atom is -0.296 e. The molecule has 3 rings (SSSR count). The normalized spacial score (nSPS) is 11.2. The SMILES string of the molecule is Fc1cc2nc(CCCl)n(-c3ccc(Cl)cc3)c2cc1Cl. The van der Waals surface area contributed by atoms with Crippen molar-refractivity contribution in [3.63, 3.8) is 0 Å². The summed E-state index contributed by atoms with van der Waals surface area (Å²) in [6, 6.07) is 10.2. The molecule has 2 aromatic carbocycles. The van der Waals surface area contributed by atoms with Gasteiger partial charge in [0, 0.05) is 29.1 Å². The van der Waals surface area contributed by atoms with Gasteiger partial charge in [-0.2, -0.15) is 0 Å². The van der Waals surface area contributed by atoms with Crippen molar-refractivity contribution in [1.82, 2.24) is 9.55 Å². The fourth-order valence-electron chi connectivity index (χ4n) is 2.25. The number of rotatable bonds is 3. The summed E-state index contributed by atoms with van der Waals surface area (Å²) in [6.45, 7) is 0. The van der Waals surface area contributed by atoms with Crippen LogP contribution in [0.1, 0.15) is 5.82 Å². The lowest BCUT2D eigenvalue weighted by Crippen LogP contribution is -2.02. The number of imidazole rings is 1. The van der Waals surface area contributed by atoms with Crippen LogP contribution in [0.2, 0.25) is 10.0 Å². The molecule has 0 unspecified atom stereocenters. The maximum absolute atomic E-state index is 13.6. The van der Waals surface area contributed by atoms with Crippen LogP contribution in [-0.2, 0) is 6.42 Å². The Morgan fingerprint density at radius 2 is 1.81 bits per heavy atom. The van der Waals surface area contributed by atoms with E-state index in [1.807, 2.05) is 16.7 Å². The lowest BCUT2D eigenvalue weighted by Gasteiger charge is -2.09. The molecule has 0 spiro atoms. The Kier molecular flexibility index (Phi) is 4.07. The van der Waals surface area contributed by atoms with Crippen LogP contribution in [0.3, 0.4) is 0 Å². The summed E-state index contributed by atoms with van der Waals surface area (Å²) in [5, 5.41) is 0.709. The highest BCUT2D eigenvalue weighted by Crippen LogP contribution is 2.27. The van der Waals surface area contributed by atoms with E-state index in [-0.39, 0.29) is 5.02 Å². The molecule has 0 bridgehead atoms. The molecule has 0 saturated heterocycles. The Balaban J connectivity index is 2.29. The smallest absolute Gasteiger partial charge is 0.144 e. The molecule has 108 valence electrons. The lowest BCUT2D eigenvalue weighted by atomic mass is 10.2. The molecule has 0 fully saturated rings. The number of aromatic nitrogens is 2. The quantitative estimate of drug-likeness (QED) is 0.594. The fourth-order valence-corrected chi connectivity index (χ4v) is 2.71. The Morgan fingerprint density at radius 1 is 1.10 bits per heavy atom. The molecule has 21 heavy (non-hydrogen) atoms. The fraction of sp³-hybridized carbons (Fsp3) is 0.133. The minimum absolute atomic E-state index is 0.0648. The molecule has 0 aliphatic heterocycles. The van der Waals surface area contributed by atoms with Crippen molar-refractivity contribution in [2.75, 3.05) is 5.88 Å². The van der Waals surface area contributed by atoms with Crippen LogP contribution in [0.5, 0.6) is 0 Å². The van der Waals surface area contributed by atoms with E-state index in [0.717, 1.165) is 17.0 Å². The molecule has 0 N–H and O–H groups in total. The number of alkyl halides is 1. The molecule has 0 amide bonds. The Morgan fingerprint density at radius 3 is 2.48 bits per heavy atom. The van der Waals surface area contributed by atoms with E-state index in [1.54, 1.807) is 18.2 Å². The summed E-state index contributed by atoms with van der Waals surface area (Å²) >= 11 is 17.7. The molecule has 2 nitrogen and oxygen atoms in total. The average molecular weight is 344 g/mol. The van der Waals surface area contributed by atoms with Gasteiger partial charge in [-0.3, -0.25) is 4.57 Å². The number of aryl methyl sites for hydroxylation is 1. The first-order valence-corrected chi connectivity index (χ1v) is 7.57. The number of fused-ring (bicyclic) bond motifs is 1. The number of hydrogen-bond donors (Lipinski definition) is 0. The van der Waals surface area contributed by atoms with Gasteiger partial charge in [0.1, 0.15) is 11.6 Å². The van der Waals surface area contributed by atoms with Crippen LogP contribution in [0.4, 0.5) is 4.39 Å². The first-order valence-electron chi connectivity index (χ1n) is 6.28. The number of halogens is 4. The summed E-state index contributed by atoms with van der Waals surface area (Å²) in [5.41, 5.74) is 2.17. The standard InChI is InChI=1S/C15H10Cl3FN2/c16-6-5-15-20-13-8-12(19)11(18)7-14(13)21(15)10-3-1-9(17)2-4-10/h1-4,7-8H,5-6H2. The number of nitrogens with zero attached hydrogens (tertiary/aromatic N) is 2. The van der Waals surface area contributed by atoms with Gasteiger partial charge < -0.3 is 0 Å². The van der Waals surface area contributed by atoms with E-state index in [2.05, 4.69) is 4.98 Å². The third-order valence-electron chi connectivity index (χ3n) is 3.17. The van der Waals surface area contributed by atoms with Crippen LogP contribution in [0.25, 0.3) is 16.7 Å². The van der Waals surface area contributed by atoms with Crippen molar-refractivity contribution in [2.45, 2.75) is 6.42 Å². The summed E-state index contributed by atoms with van der Waals surface area (Å²) in [5.74, 6) is 0.693. The van der Waals surface area contributed by atoms with Crippen LogP contribution in [0.15, 0.2) is 36.4 Å². The zero-order valence-electron chi connectivity index (χ0n) is 10.8. The predicted molar refractivity (Wildman–Crippen MR) is 85.5 cm³/mol. The first kappa shape index (κ1) is 14.6. The van der Waals surface area contributed by atoms with Crippen LogP contribution in [0, 0.1) is 5.82 Å². The van der Waals surface area contributed by atoms with Gasteiger partial charge in [0.25, 0.3) is 0 Å². The van der Waals surface area contributed by atoms with Gasteiger partial charge in [-0.05, 0) is 30.3 Å². The van der Waals surface area contributed by atoms with Gasteiger partial charge >= 0.3 is 0 Å². The van der Waals surface area contributed by atoms with E-state index in [9.17, 15) is 4.39 Å². The zero-order valence-corrected chi connectivity index (χ0v) is 13.1. The lowest BCUT2D eigenvalue weighted by molar-refractivity contribution is 0.630. The molecular formula is C15H10Cl3FN2. The second-order valence-corrected chi connectivity index (χ2v) is 5.76. The van der Waals surface area contributed by atoms with E-state index >= 15 is 0 Å². The van der Waals surface area contributed by atoms with Gasteiger partial charge in [0.2, 0.25) is 0 Å². The third kappa shape index (κ3) is 2.73. The van der Waals surface area contributed by atoms with Crippen LogP contribution >= 0.6 is 34.8 Å².